The summed E-state index contributed by atoms with van der Waals surface area (Å²) in [5.74, 6) is 0.305. The highest BCUT2D eigenvalue weighted by Crippen LogP contribution is 2.14. The summed E-state index contributed by atoms with van der Waals surface area (Å²) < 4.78 is 3.71. The molecule has 0 aliphatic rings. The van der Waals surface area contributed by atoms with E-state index < -0.39 is 0 Å². The number of aromatic nitrogens is 4. The second-order valence-corrected chi connectivity index (χ2v) is 6.86. The molecule has 0 radical (unpaired) electrons. The third-order valence-corrected chi connectivity index (χ3v) is 4.46. The molecule has 2 aromatic carbocycles. The van der Waals surface area contributed by atoms with Crippen molar-refractivity contribution in [2.75, 3.05) is 5.32 Å². The molecular weight excluding hydrogens is 374 g/mol. The van der Waals surface area contributed by atoms with Gasteiger partial charge in [0.1, 0.15) is 0 Å². The molecule has 4 rings (SSSR count). The molecule has 1 N–H and O–H groups in total. The summed E-state index contributed by atoms with van der Waals surface area (Å²) in [6.45, 7) is 1.24. The predicted molar refractivity (Wildman–Crippen MR) is 109 cm³/mol. The van der Waals surface area contributed by atoms with Crippen LogP contribution in [0.1, 0.15) is 21.5 Å². The number of halogens is 1. The highest BCUT2D eigenvalue weighted by molar-refractivity contribution is 6.30. The van der Waals surface area contributed by atoms with Crippen LogP contribution < -0.4 is 5.32 Å². The third kappa shape index (κ3) is 4.47. The topological polar surface area (TPSA) is 64.7 Å². The number of anilines is 1. The Labute approximate surface area is 167 Å². The van der Waals surface area contributed by atoms with Gasteiger partial charge in [0.15, 0.2) is 5.82 Å². The van der Waals surface area contributed by atoms with Crippen LogP contribution in [0.2, 0.25) is 5.02 Å². The summed E-state index contributed by atoms with van der Waals surface area (Å²) in [7, 11) is 0. The maximum atomic E-state index is 12.6. The van der Waals surface area contributed by atoms with Crippen molar-refractivity contribution in [3.05, 3.63) is 101 Å². The Morgan fingerprint density at radius 1 is 1.04 bits per heavy atom. The zero-order valence-corrected chi connectivity index (χ0v) is 15.8. The highest BCUT2D eigenvalue weighted by Gasteiger charge is 2.09. The molecule has 0 aliphatic heterocycles. The Morgan fingerprint density at radius 2 is 1.86 bits per heavy atom. The number of nitrogens with zero attached hydrogens (tertiary/aromatic N) is 4. The van der Waals surface area contributed by atoms with E-state index in [1.54, 1.807) is 24.8 Å². The number of carbonyl (C=O) groups is 1. The Bertz CT molecular complexity index is 1090. The molecular formula is C21H18ClN5O. The SMILES string of the molecule is O=C(Nc1cn(Cc2cccc(Cl)c2)cn1)c1cccc(Cn2cccn2)c1. The molecule has 28 heavy (non-hydrogen) atoms. The van der Waals surface area contributed by atoms with E-state index >= 15 is 0 Å². The van der Waals surface area contributed by atoms with Gasteiger partial charge in [-0.2, -0.15) is 5.10 Å². The van der Waals surface area contributed by atoms with E-state index in [0.29, 0.717) is 29.5 Å². The monoisotopic (exact) mass is 391 g/mol. The summed E-state index contributed by atoms with van der Waals surface area (Å²) in [4.78, 5) is 16.8. The van der Waals surface area contributed by atoms with E-state index in [1.165, 1.54) is 0 Å². The van der Waals surface area contributed by atoms with E-state index in [-0.39, 0.29) is 5.91 Å². The van der Waals surface area contributed by atoms with Crippen molar-refractivity contribution in [2.45, 2.75) is 13.1 Å². The number of amides is 1. The number of hydrogen-bond acceptors (Lipinski definition) is 3. The lowest BCUT2D eigenvalue weighted by atomic mass is 10.1. The van der Waals surface area contributed by atoms with Gasteiger partial charge in [-0.25, -0.2) is 4.98 Å². The molecule has 4 aromatic rings. The first-order valence-corrected chi connectivity index (χ1v) is 9.17. The molecule has 0 aliphatic carbocycles. The lowest BCUT2D eigenvalue weighted by Crippen LogP contribution is -2.13. The molecule has 0 atom stereocenters. The summed E-state index contributed by atoms with van der Waals surface area (Å²) in [5.41, 5.74) is 2.64. The van der Waals surface area contributed by atoms with E-state index in [1.807, 2.05) is 64.0 Å². The maximum absolute atomic E-state index is 12.6. The van der Waals surface area contributed by atoms with E-state index in [2.05, 4.69) is 15.4 Å². The maximum Gasteiger partial charge on any atom is 0.256 e. The second kappa shape index (κ2) is 8.10. The first kappa shape index (κ1) is 18.0. The van der Waals surface area contributed by atoms with Crippen molar-refractivity contribution >= 4 is 23.3 Å². The number of hydrogen-bond donors (Lipinski definition) is 1. The van der Waals surface area contributed by atoms with Crippen molar-refractivity contribution in [1.29, 1.82) is 0 Å². The largest absolute Gasteiger partial charge is 0.331 e. The lowest BCUT2D eigenvalue weighted by Gasteiger charge is -2.06. The summed E-state index contributed by atoms with van der Waals surface area (Å²) in [6, 6.07) is 17.0. The van der Waals surface area contributed by atoms with Crippen molar-refractivity contribution < 1.29 is 4.79 Å². The van der Waals surface area contributed by atoms with Gasteiger partial charge in [-0.15, -0.1) is 0 Å². The molecule has 7 heteroatoms. The Morgan fingerprint density at radius 3 is 2.64 bits per heavy atom. The van der Waals surface area contributed by atoms with E-state index in [0.717, 1.165) is 11.1 Å². The summed E-state index contributed by atoms with van der Waals surface area (Å²) >= 11 is 6.02. The second-order valence-electron chi connectivity index (χ2n) is 6.42. The van der Waals surface area contributed by atoms with Crippen LogP contribution >= 0.6 is 11.6 Å². The smallest absolute Gasteiger partial charge is 0.256 e. The quantitative estimate of drug-likeness (QED) is 0.538. The van der Waals surface area contributed by atoms with Crippen molar-refractivity contribution in [3.8, 4) is 0 Å². The molecule has 0 fully saturated rings. The first-order chi connectivity index (χ1) is 13.7. The molecule has 2 aromatic heterocycles. The minimum absolute atomic E-state index is 0.199. The molecule has 2 heterocycles. The van der Waals surface area contributed by atoms with Crippen molar-refractivity contribution in [1.82, 2.24) is 19.3 Å². The number of rotatable bonds is 6. The zero-order valence-electron chi connectivity index (χ0n) is 15.0. The number of imidazole rings is 1. The molecule has 0 saturated carbocycles. The Kier molecular flexibility index (Phi) is 5.21. The summed E-state index contributed by atoms with van der Waals surface area (Å²) in [5, 5.41) is 7.73. The Balaban J connectivity index is 1.42. The lowest BCUT2D eigenvalue weighted by molar-refractivity contribution is 0.102. The molecule has 0 bridgehead atoms. The first-order valence-electron chi connectivity index (χ1n) is 8.80. The van der Waals surface area contributed by atoms with Gasteiger partial charge in [0.2, 0.25) is 0 Å². The van der Waals surface area contributed by atoms with Gasteiger partial charge in [0, 0.05) is 35.7 Å². The van der Waals surface area contributed by atoms with Gasteiger partial charge >= 0.3 is 0 Å². The minimum Gasteiger partial charge on any atom is -0.331 e. The van der Waals surface area contributed by atoms with Crippen LogP contribution in [-0.4, -0.2) is 25.2 Å². The molecule has 0 unspecified atom stereocenters. The van der Waals surface area contributed by atoms with Crippen LogP contribution in [0, 0.1) is 0 Å². The number of benzene rings is 2. The van der Waals surface area contributed by atoms with Gasteiger partial charge in [0.05, 0.1) is 12.9 Å². The van der Waals surface area contributed by atoms with Gasteiger partial charge < -0.3 is 9.88 Å². The van der Waals surface area contributed by atoms with Gasteiger partial charge in [0.25, 0.3) is 5.91 Å². The predicted octanol–water partition coefficient (Wildman–Crippen LogP) is 4.08. The highest BCUT2D eigenvalue weighted by atomic mass is 35.5. The van der Waals surface area contributed by atoms with E-state index in [9.17, 15) is 4.79 Å². The average Bonchev–Trinajstić information content (AvgIpc) is 3.34. The number of nitrogens with one attached hydrogen (secondary N) is 1. The van der Waals surface area contributed by atoms with Crippen LogP contribution in [0.4, 0.5) is 5.82 Å². The normalized spacial score (nSPS) is 10.8. The van der Waals surface area contributed by atoms with Crippen LogP contribution in [0.15, 0.2) is 79.5 Å². The summed E-state index contributed by atoms with van der Waals surface area (Å²) in [6.07, 6.45) is 7.10. The molecule has 6 nitrogen and oxygen atoms in total. The van der Waals surface area contributed by atoms with Crippen LogP contribution in [0.3, 0.4) is 0 Å². The van der Waals surface area contributed by atoms with Gasteiger partial charge in [-0.05, 0) is 41.5 Å². The van der Waals surface area contributed by atoms with E-state index in [4.69, 9.17) is 11.6 Å². The zero-order chi connectivity index (χ0) is 19.3. The minimum atomic E-state index is -0.199. The molecule has 0 saturated heterocycles. The van der Waals surface area contributed by atoms with Gasteiger partial charge in [-0.3, -0.25) is 9.48 Å². The number of carbonyl (C=O) groups excluding carboxylic acids is 1. The average molecular weight is 392 g/mol. The molecule has 1 amide bonds. The van der Waals surface area contributed by atoms with Crippen LogP contribution in [0.25, 0.3) is 0 Å². The van der Waals surface area contributed by atoms with Crippen LogP contribution in [-0.2, 0) is 13.1 Å². The molecule has 0 spiro atoms. The fraction of sp³-hybridized carbons (Fsp3) is 0.0952. The Hall–Kier alpha value is -3.38. The fourth-order valence-electron chi connectivity index (χ4n) is 2.94. The standard InChI is InChI=1S/C21H18ClN5O/c22-19-7-2-5-17(11-19)12-26-14-20(23-15-26)25-21(28)18-6-1-4-16(10-18)13-27-9-3-8-24-27/h1-11,14-15H,12-13H2,(H,25,28). The van der Waals surface area contributed by atoms with Crippen LogP contribution in [0.5, 0.6) is 0 Å². The van der Waals surface area contributed by atoms with Crippen molar-refractivity contribution in [2.24, 2.45) is 0 Å². The third-order valence-electron chi connectivity index (χ3n) is 4.22. The fourth-order valence-corrected chi connectivity index (χ4v) is 3.15. The molecule has 140 valence electrons. The van der Waals surface area contributed by atoms with Crippen molar-refractivity contribution in [3.63, 3.8) is 0 Å². The van der Waals surface area contributed by atoms with Gasteiger partial charge in [-0.1, -0.05) is 35.9 Å².